The van der Waals surface area contributed by atoms with Gasteiger partial charge in [0.05, 0.1) is 6.07 Å². The fourth-order valence-electron chi connectivity index (χ4n) is 1.80. The lowest BCUT2D eigenvalue weighted by Gasteiger charge is -2.39. The highest BCUT2D eigenvalue weighted by Crippen LogP contribution is 2.44. The molecule has 0 aromatic carbocycles. The van der Waals surface area contributed by atoms with Gasteiger partial charge in [-0.05, 0) is 18.8 Å². The van der Waals surface area contributed by atoms with Gasteiger partial charge in [0.15, 0.2) is 0 Å². The van der Waals surface area contributed by atoms with E-state index in [4.69, 9.17) is 5.26 Å². The van der Waals surface area contributed by atoms with Gasteiger partial charge < -0.3 is 5.32 Å². The van der Waals surface area contributed by atoms with E-state index in [0.29, 0.717) is 29.8 Å². The van der Waals surface area contributed by atoms with Gasteiger partial charge in [-0.1, -0.05) is 29.4 Å². The van der Waals surface area contributed by atoms with E-state index in [-0.39, 0.29) is 5.91 Å². The third-order valence-corrected chi connectivity index (χ3v) is 2.76. The Kier molecular flexibility index (Phi) is 3.33. The second-order valence-corrected chi connectivity index (χ2v) is 5.03. The highest BCUT2D eigenvalue weighted by atomic mass is 79.9. The molecular formula is C10H13BrN2O. The largest absolute Gasteiger partial charge is 0.350 e. The number of halogens is 1. The molecule has 3 nitrogen and oxygen atoms in total. The van der Waals surface area contributed by atoms with Crippen molar-refractivity contribution in [1.82, 2.24) is 5.32 Å². The van der Waals surface area contributed by atoms with Crippen molar-refractivity contribution < 1.29 is 4.79 Å². The van der Waals surface area contributed by atoms with E-state index in [9.17, 15) is 4.79 Å². The third kappa shape index (κ3) is 2.16. The number of amides is 1. The molecule has 1 rings (SSSR count). The Labute approximate surface area is 92.3 Å². The van der Waals surface area contributed by atoms with Gasteiger partial charge in [-0.15, -0.1) is 0 Å². The highest BCUT2D eigenvalue weighted by Gasteiger charge is 2.48. The normalized spacial score (nSPS) is 29.9. The van der Waals surface area contributed by atoms with E-state index in [1.165, 1.54) is 0 Å². The molecular weight excluding hydrogens is 244 g/mol. The van der Waals surface area contributed by atoms with Crippen LogP contribution < -0.4 is 5.32 Å². The summed E-state index contributed by atoms with van der Waals surface area (Å²) >= 11 is 3.15. The number of carbonyl (C=O) groups excluding carboxylic acids is 1. The SMILES string of the molecule is C=C(Br)CNC(=O)C1(C#N)CC(C)C1. The average molecular weight is 257 g/mol. The van der Waals surface area contributed by atoms with Gasteiger partial charge >= 0.3 is 0 Å². The monoisotopic (exact) mass is 256 g/mol. The van der Waals surface area contributed by atoms with E-state index in [2.05, 4.69) is 33.9 Å². The zero-order valence-corrected chi connectivity index (χ0v) is 9.73. The molecule has 0 unspecified atom stereocenters. The molecule has 1 N–H and O–H groups in total. The van der Waals surface area contributed by atoms with Gasteiger partial charge in [0.25, 0.3) is 0 Å². The van der Waals surface area contributed by atoms with Crippen LogP contribution in [0.25, 0.3) is 0 Å². The zero-order valence-electron chi connectivity index (χ0n) is 8.14. The molecule has 76 valence electrons. The number of hydrogen-bond acceptors (Lipinski definition) is 2. The van der Waals surface area contributed by atoms with Crippen molar-refractivity contribution in [2.45, 2.75) is 19.8 Å². The number of hydrogen-bond donors (Lipinski definition) is 1. The average Bonchev–Trinajstić information content (AvgIpc) is 2.08. The van der Waals surface area contributed by atoms with Crippen molar-refractivity contribution in [3.05, 3.63) is 11.1 Å². The van der Waals surface area contributed by atoms with Gasteiger partial charge in [-0.3, -0.25) is 4.79 Å². The number of nitrogens with zero attached hydrogens (tertiary/aromatic N) is 1. The zero-order chi connectivity index (χ0) is 10.8. The minimum Gasteiger partial charge on any atom is -0.350 e. The molecule has 1 amide bonds. The standard InChI is InChI=1S/C10H13BrN2O/c1-7-3-10(4-7,6-12)9(14)13-5-8(2)11/h7H,2-5H2,1H3,(H,13,14). The second-order valence-electron chi connectivity index (χ2n) is 3.91. The van der Waals surface area contributed by atoms with Gasteiger partial charge in [0.2, 0.25) is 5.91 Å². The van der Waals surface area contributed by atoms with Crippen LogP contribution >= 0.6 is 15.9 Å². The Morgan fingerprint density at radius 3 is 2.71 bits per heavy atom. The molecule has 0 bridgehead atoms. The summed E-state index contributed by atoms with van der Waals surface area (Å²) in [5.74, 6) is 0.311. The fourth-order valence-corrected chi connectivity index (χ4v) is 1.94. The topological polar surface area (TPSA) is 52.9 Å². The van der Waals surface area contributed by atoms with Crippen LogP contribution in [0.5, 0.6) is 0 Å². The molecule has 14 heavy (non-hydrogen) atoms. The maximum absolute atomic E-state index is 11.6. The summed E-state index contributed by atoms with van der Waals surface area (Å²) in [5, 5.41) is 11.6. The number of rotatable bonds is 3. The van der Waals surface area contributed by atoms with Crippen molar-refractivity contribution in [3.8, 4) is 6.07 Å². The minimum atomic E-state index is -0.776. The first-order valence-electron chi connectivity index (χ1n) is 4.53. The molecule has 0 aliphatic heterocycles. The Bertz CT molecular complexity index is 300. The lowest BCUT2D eigenvalue weighted by atomic mass is 9.63. The van der Waals surface area contributed by atoms with Crippen molar-refractivity contribution in [2.75, 3.05) is 6.54 Å². The summed E-state index contributed by atoms with van der Waals surface area (Å²) in [7, 11) is 0. The lowest BCUT2D eigenvalue weighted by Crippen LogP contribution is -2.48. The Morgan fingerprint density at radius 2 is 2.36 bits per heavy atom. The van der Waals surface area contributed by atoms with Crippen LogP contribution in [0.1, 0.15) is 19.8 Å². The van der Waals surface area contributed by atoms with Crippen molar-refractivity contribution in [3.63, 3.8) is 0 Å². The first-order chi connectivity index (χ1) is 6.50. The van der Waals surface area contributed by atoms with E-state index in [1.54, 1.807) is 0 Å². The molecule has 1 fully saturated rings. The first-order valence-corrected chi connectivity index (χ1v) is 5.32. The van der Waals surface area contributed by atoms with Crippen LogP contribution in [0.15, 0.2) is 11.1 Å². The lowest BCUT2D eigenvalue weighted by molar-refractivity contribution is -0.133. The summed E-state index contributed by atoms with van der Waals surface area (Å²) in [4.78, 5) is 11.6. The molecule has 0 heterocycles. The van der Waals surface area contributed by atoms with E-state index in [1.807, 2.05) is 6.92 Å². The van der Waals surface area contributed by atoms with E-state index in [0.717, 1.165) is 0 Å². The molecule has 0 saturated heterocycles. The molecule has 1 saturated carbocycles. The second kappa shape index (κ2) is 4.14. The fraction of sp³-hybridized carbons (Fsp3) is 0.600. The van der Waals surface area contributed by atoms with Crippen molar-refractivity contribution >= 4 is 21.8 Å². The molecule has 0 aromatic rings. The third-order valence-electron chi connectivity index (χ3n) is 2.48. The van der Waals surface area contributed by atoms with Gasteiger partial charge in [-0.25, -0.2) is 0 Å². The maximum atomic E-state index is 11.6. The van der Waals surface area contributed by atoms with Gasteiger partial charge in [0.1, 0.15) is 5.41 Å². The number of nitrogens with one attached hydrogen (secondary N) is 1. The molecule has 1 aliphatic carbocycles. The van der Waals surface area contributed by atoms with Gasteiger partial charge in [0, 0.05) is 11.0 Å². The molecule has 0 radical (unpaired) electrons. The highest BCUT2D eigenvalue weighted by molar-refractivity contribution is 9.11. The van der Waals surface area contributed by atoms with Crippen LogP contribution in [0.3, 0.4) is 0 Å². The van der Waals surface area contributed by atoms with Crippen LogP contribution in [-0.2, 0) is 4.79 Å². The van der Waals surface area contributed by atoms with Crippen molar-refractivity contribution in [1.29, 1.82) is 5.26 Å². The molecule has 0 spiro atoms. The number of carbonyl (C=O) groups is 1. The molecule has 1 aliphatic rings. The predicted octanol–water partition coefficient (Wildman–Crippen LogP) is 1.95. The summed E-state index contributed by atoms with van der Waals surface area (Å²) in [5.41, 5.74) is -0.776. The maximum Gasteiger partial charge on any atom is 0.240 e. The van der Waals surface area contributed by atoms with Gasteiger partial charge in [-0.2, -0.15) is 5.26 Å². The summed E-state index contributed by atoms with van der Waals surface area (Å²) in [6, 6.07) is 2.11. The van der Waals surface area contributed by atoms with Crippen LogP contribution in [0.4, 0.5) is 0 Å². The summed E-state index contributed by atoms with van der Waals surface area (Å²) in [6.07, 6.45) is 1.34. The summed E-state index contributed by atoms with van der Waals surface area (Å²) in [6.45, 7) is 6.05. The smallest absolute Gasteiger partial charge is 0.240 e. The van der Waals surface area contributed by atoms with E-state index >= 15 is 0 Å². The molecule has 0 atom stereocenters. The molecule has 0 aromatic heterocycles. The van der Waals surface area contributed by atoms with Crippen LogP contribution in [-0.4, -0.2) is 12.5 Å². The summed E-state index contributed by atoms with van der Waals surface area (Å²) < 4.78 is 0.714. The van der Waals surface area contributed by atoms with Crippen molar-refractivity contribution in [2.24, 2.45) is 11.3 Å². The number of nitriles is 1. The Hall–Kier alpha value is -0.820. The minimum absolute atomic E-state index is 0.168. The van der Waals surface area contributed by atoms with Crippen LogP contribution in [0, 0.1) is 22.7 Å². The Balaban J connectivity index is 2.51. The Morgan fingerprint density at radius 1 is 1.79 bits per heavy atom. The predicted molar refractivity (Wildman–Crippen MR) is 57.5 cm³/mol. The first kappa shape index (κ1) is 11.3. The van der Waals surface area contributed by atoms with Crippen LogP contribution in [0.2, 0.25) is 0 Å². The van der Waals surface area contributed by atoms with E-state index < -0.39 is 5.41 Å². The molecule has 4 heteroatoms. The quantitative estimate of drug-likeness (QED) is 0.840.